The summed E-state index contributed by atoms with van der Waals surface area (Å²) >= 11 is 0.902. The van der Waals surface area contributed by atoms with Crippen LogP contribution in [0.3, 0.4) is 0 Å². The third kappa shape index (κ3) is 4.20. The van der Waals surface area contributed by atoms with E-state index in [0.717, 1.165) is 47.2 Å². The van der Waals surface area contributed by atoms with Crippen LogP contribution in [0.2, 0.25) is 0 Å². The Kier molecular flexibility index (Phi) is 6.04. The van der Waals surface area contributed by atoms with E-state index in [1.165, 1.54) is 0 Å². The summed E-state index contributed by atoms with van der Waals surface area (Å²) in [5, 5.41) is 1.91. The summed E-state index contributed by atoms with van der Waals surface area (Å²) in [6.45, 7) is 6.39. The van der Waals surface area contributed by atoms with Crippen molar-refractivity contribution in [1.29, 1.82) is 0 Å². The Morgan fingerprint density at radius 1 is 1.21 bits per heavy atom. The maximum Gasteiger partial charge on any atom is 0.338 e. The Morgan fingerprint density at radius 2 is 1.93 bits per heavy atom. The lowest BCUT2D eigenvalue weighted by atomic mass is 10.2. The number of hydrogen-bond donors (Lipinski definition) is 1. The van der Waals surface area contributed by atoms with Crippen LogP contribution in [0, 0.1) is 13.8 Å². The number of amides is 2. The van der Waals surface area contributed by atoms with E-state index in [-0.39, 0.29) is 17.1 Å². The van der Waals surface area contributed by atoms with Gasteiger partial charge in [-0.1, -0.05) is 13.3 Å². The molecule has 0 unspecified atom stereocenters. The molecular weight excluding hydrogens is 376 g/mol. The standard InChI is InChI=1S/C21H22N2O4S/c1-4-5-10-27-20(25)15-6-8-17(9-7-15)23-13(2)11-16(14(23)3)12-18-19(24)22-21(26)28-18/h6-9,11-12H,4-5,10H2,1-3H3,(H,22,24,26)/b18-12-. The lowest BCUT2D eigenvalue weighted by molar-refractivity contribution is -0.115. The Morgan fingerprint density at radius 3 is 2.54 bits per heavy atom. The van der Waals surface area contributed by atoms with Gasteiger partial charge in [-0.05, 0) is 74.0 Å². The summed E-state index contributed by atoms with van der Waals surface area (Å²) in [5.74, 6) is -0.689. The van der Waals surface area contributed by atoms with Gasteiger partial charge >= 0.3 is 5.97 Å². The van der Waals surface area contributed by atoms with E-state index < -0.39 is 0 Å². The van der Waals surface area contributed by atoms with Crippen LogP contribution in [-0.4, -0.2) is 28.3 Å². The van der Waals surface area contributed by atoms with Gasteiger partial charge < -0.3 is 9.30 Å². The predicted octanol–water partition coefficient (Wildman–Crippen LogP) is 4.37. The normalized spacial score (nSPS) is 15.2. The Labute approximate surface area is 167 Å². The van der Waals surface area contributed by atoms with E-state index in [1.807, 2.05) is 43.5 Å². The molecule has 6 nitrogen and oxygen atoms in total. The van der Waals surface area contributed by atoms with Crippen LogP contribution in [0.5, 0.6) is 0 Å². The lowest BCUT2D eigenvalue weighted by Gasteiger charge is -2.11. The van der Waals surface area contributed by atoms with Crippen molar-refractivity contribution in [2.24, 2.45) is 0 Å². The number of aryl methyl sites for hydroxylation is 1. The van der Waals surface area contributed by atoms with Crippen LogP contribution in [0.15, 0.2) is 35.2 Å². The number of ether oxygens (including phenoxy) is 1. The molecule has 0 spiro atoms. The highest BCUT2D eigenvalue weighted by molar-refractivity contribution is 8.18. The number of carbonyl (C=O) groups is 3. The first kappa shape index (κ1) is 19.9. The van der Waals surface area contributed by atoms with Gasteiger partial charge in [0.1, 0.15) is 0 Å². The SMILES string of the molecule is CCCCOC(=O)c1ccc(-n2c(C)cc(/C=C3\SC(=O)NC3=O)c2C)cc1. The number of carbonyl (C=O) groups excluding carboxylic acids is 3. The third-order valence-electron chi connectivity index (χ3n) is 4.49. The molecule has 1 N–H and O–H groups in total. The molecule has 0 bridgehead atoms. The first-order valence-corrected chi connectivity index (χ1v) is 9.93. The van der Waals surface area contributed by atoms with Crippen LogP contribution in [0.4, 0.5) is 4.79 Å². The summed E-state index contributed by atoms with van der Waals surface area (Å²) in [5.41, 5.74) is 4.22. The van der Waals surface area contributed by atoms with Crippen LogP contribution >= 0.6 is 11.8 Å². The molecule has 1 aromatic heterocycles. The van der Waals surface area contributed by atoms with Crippen molar-refractivity contribution in [3.8, 4) is 5.69 Å². The van der Waals surface area contributed by atoms with Crippen LogP contribution in [0.1, 0.15) is 47.1 Å². The Hall–Kier alpha value is -2.80. The molecule has 28 heavy (non-hydrogen) atoms. The van der Waals surface area contributed by atoms with Gasteiger partial charge in [0, 0.05) is 17.1 Å². The fraction of sp³-hybridized carbons (Fsp3) is 0.286. The third-order valence-corrected chi connectivity index (χ3v) is 5.30. The van der Waals surface area contributed by atoms with E-state index in [9.17, 15) is 14.4 Å². The second kappa shape index (κ2) is 8.48. The maximum atomic E-state index is 12.1. The monoisotopic (exact) mass is 398 g/mol. The zero-order valence-corrected chi connectivity index (χ0v) is 16.9. The summed E-state index contributed by atoms with van der Waals surface area (Å²) in [4.78, 5) is 35.6. The average molecular weight is 398 g/mol. The first-order valence-electron chi connectivity index (χ1n) is 9.12. The topological polar surface area (TPSA) is 77.4 Å². The molecular formula is C21H22N2O4S. The second-order valence-corrected chi connectivity index (χ2v) is 7.57. The molecule has 146 valence electrons. The number of unbranched alkanes of at least 4 members (excludes halogenated alkanes) is 1. The summed E-state index contributed by atoms with van der Waals surface area (Å²) < 4.78 is 7.28. The highest BCUT2D eigenvalue weighted by Gasteiger charge is 2.25. The number of aromatic nitrogens is 1. The maximum absolute atomic E-state index is 12.1. The van der Waals surface area contributed by atoms with Gasteiger partial charge in [0.05, 0.1) is 17.1 Å². The Balaban J connectivity index is 1.83. The van der Waals surface area contributed by atoms with Gasteiger partial charge in [0.25, 0.3) is 11.1 Å². The first-order chi connectivity index (χ1) is 13.4. The van der Waals surface area contributed by atoms with Gasteiger partial charge in [-0.25, -0.2) is 4.79 Å². The number of thioether (sulfide) groups is 1. The molecule has 2 aromatic rings. The van der Waals surface area contributed by atoms with Gasteiger partial charge in [-0.3, -0.25) is 14.9 Å². The van der Waals surface area contributed by atoms with Gasteiger partial charge in [0.2, 0.25) is 0 Å². The zero-order chi connectivity index (χ0) is 20.3. The largest absolute Gasteiger partial charge is 0.462 e. The fourth-order valence-corrected chi connectivity index (χ4v) is 3.71. The van der Waals surface area contributed by atoms with E-state index in [2.05, 4.69) is 5.32 Å². The van der Waals surface area contributed by atoms with Crippen LogP contribution in [0.25, 0.3) is 11.8 Å². The van der Waals surface area contributed by atoms with Crippen molar-refractivity contribution in [2.45, 2.75) is 33.6 Å². The number of imide groups is 1. The molecule has 0 saturated carbocycles. The highest BCUT2D eigenvalue weighted by Crippen LogP contribution is 2.29. The van der Waals surface area contributed by atoms with Crippen molar-refractivity contribution >= 4 is 35.0 Å². The molecule has 1 aliphatic heterocycles. The quantitative estimate of drug-likeness (QED) is 0.444. The van der Waals surface area contributed by atoms with Crippen molar-refractivity contribution in [1.82, 2.24) is 9.88 Å². The van der Waals surface area contributed by atoms with Crippen LogP contribution < -0.4 is 5.32 Å². The zero-order valence-electron chi connectivity index (χ0n) is 16.1. The van der Waals surface area contributed by atoms with Crippen molar-refractivity contribution < 1.29 is 19.1 Å². The van der Waals surface area contributed by atoms with Gasteiger partial charge in [-0.15, -0.1) is 0 Å². The van der Waals surface area contributed by atoms with Crippen molar-refractivity contribution in [3.63, 3.8) is 0 Å². The molecule has 1 aliphatic rings. The van der Waals surface area contributed by atoms with Crippen molar-refractivity contribution in [3.05, 3.63) is 57.8 Å². The molecule has 0 aliphatic carbocycles. The summed E-state index contributed by atoms with van der Waals surface area (Å²) in [6, 6.07) is 9.20. The minimum atomic E-state index is -0.370. The smallest absolute Gasteiger partial charge is 0.338 e. The van der Waals surface area contributed by atoms with E-state index in [0.29, 0.717) is 17.1 Å². The van der Waals surface area contributed by atoms with Crippen LogP contribution in [-0.2, 0) is 9.53 Å². The molecule has 2 heterocycles. The predicted molar refractivity (Wildman–Crippen MR) is 110 cm³/mol. The minimum Gasteiger partial charge on any atom is -0.462 e. The minimum absolute atomic E-state index is 0.319. The molecule has 7 heteroatoms. The number of nitrogens with zero attached hydrogens (tertiary/aromatic N) is 1. The number of esters is 1. The average Bonchev–Trinajstić information content (AvgIpc) is 3.13. The lowest BCUT2D eigenvalue weighted by Crippen LogP contribution is -2.17. The van der Waals surface area contributed by atoms with Gasteiger partial charge in [0.15, 0.2) is 0 Å². The van der Waals surface area contributed by atoms with E-state index >= 15 is 0 Å². The molecule has 0 radical (unpaired) electrons. The fourth-order valence-electron chi connectivity index (χ4n) is 3.03. The van der Waals surface area contributed by atoms with E-state index in [4.69, 9.17) is 4.74 Å². The highest BCUT2D eigenvalue weighted by atomic mass is 32.2. The molecule has 1 saturated heterocycles. The second-order valence-electron chi connectivity index (χ2n) is 6.55. The number of nitrogens with one attached hydrogen (secondary N) is 1. The molecule has 1 aromatic carbocycles. The Bertz CT molecular complexity index is 958. The summed E-state index contributed by atoms with van der Waals surface area (Å²) in [7, 11) is 0. The van der Waals surface area contributed by atoms with Crippen molar-refractivity contribution in [2.75, 3.05) is 6.61 Å². The van der Waals surface area contributed by atoms with E-state index in [1.54, 1.807) is 18.2 Å². The number of rotatable bonds is 6. The van der Waals surface area contributed by atoms with Gasteiger partial charge in [-0.2, -0.15) is 0 Å². The molecule has 2 amide bonds. The molecule has 3 rings (SSSR count). The molecule has 0 atom stereocenters. The summed E-state index contributed by atoms with van der Waals surface area (Å²) in [6.07, 6.45) is 3.56. The molecule has 1 fully saturated rings. The number of benzene rings is 1. The number of hydrogen-bond acceptors (Lipinski definition) is 5.